The summed E-state index contributed by atoms with van der Waals surface area (Å²) in [5.41, 5.74) is -5.81. The molecule has 0 unspecified atom stereocenters. The molecule has 0 atom stereocenters. The molecule has 7 rings (SSSR count). The van der Waals surface area contributed by atoms with Crippen molar-refractivity contribution in [2.24, 2.45) is 0 Å². The van der Waals surface area contributed by atoms with E-state index in [4.69, 9.17) is 37.9 Å². The fourth-order valence-corrected chi connectivity index (χ4v) is 15.3. The molecule has 0 aromatic carbocycles. The number of rotatable bonds is 28. The molecular weight excluding hydrogens is 1120 g/mol. The lowest BCUT2D eigenvalue weighted by molar-refractivity contribution is -0.254. The van der Waals surface area contributed by atoms with Crippen LogP contribution < -0.4 is 0 Å². The van der Waals surface area contributed by atoms with E-state index in [-0.39, 0.29) is 44.9 Å². The monoisotopic (exact) mass is 1190 g/mol. The summed E-state index contributed by atoms with van der Waals surface area (Å²) in [6, 6.07) is 17.5. The second-order valence-electron chi connectivity index (χ2n) is 21.5. The summed E-state index contributed by atoms with van der Waals surface area (Å²) < 4.78 is 147. The third-order valence-electron chi connectivity index (χ3n) is 12.7. The second kappa shape index (κ2) is 25.1. The summed E-state index contributed by atoms with van der Waals surface area (Å²) >= 11 is 7.60. The Labute approximate surface area is 473 Å². The molecule has 0 N–H and O–H groups in total. The molecule has 0 saturated heterocycles. The maximum absolute atomic E-state index is 17.3. The molecule has 1 aliphatic carbocycles. The Hall–Kier alpha value is -2.80. The van der Waals surface area contributed by atoms with Crippen molar-refractivity contribution in [3.8, 4) is 39.0 Å². The van der Waals surface area contributed by atoms with E-state index < -0.39 is 40.1 Å². The van der Waals surface area contributed by atoms with Gasteiger partial charge in [0.2, 0.25) is 0 Å². The van der Waals surface area contributed by atoms with Crippen LogP contribution in [0.1, 0.15) is 99.9 Å². The number of thiophene rings is 6. The van der Waals surface area contributed by atoms with Crippen LogP contribution in [0, 0.1) is 0 Å². The van der Waals surface area contributed by atoms with Gasteiger partial charge in [0.05, 0.1) is 100 Å². The molecule has 1 aliphatic rings. The predicted molar refractivity (Wildman–Crippen MR) is 306 cm³/mol. The first kappa shape index (κ1) is 61.8. The van der Waals surface area contributed by atoms with Crippen LogP contribution in [-0.2, 0) is 59.9 Å². The molecule has 6 aromatic heterocycles. The van der Waals surface area contributed by atoms with E-state index >= 15 is 26.3 Å². The highest BCUT2D eigenvalue weighted by Gasteiger charge is 2.80. The van der Waals surface area contributed by atoms with Crippen molar-refractivity contribution in [3.05, 3.63) is 91.3 Å². The van der Waals surface area contributed by atoms with Crippen LogP contribution >= 0.6 is 68.0 Å². The van der Waals surface area contributed by atoms with Gasteiger partial charge >= 0.3 is 17.8 Å². The van der Waals surface area contributed by atoms with Gasteiger partial charge in [-0.05, 0) is 99.2 Å². The predicted octanol–water partition coefficient (Wildman–Crippen LogP) is 17.0. The van der Waals surface area contributed by atoms with Gasteiger partial charge in [0.1, 0.15) is 0 Å². The van der Waals surface area contributed by atoms with Gasteiger partial charge in [-0.3, -0.25) is 0 Å². The minimum Gasteiger partial charge on any atom is -0.382 e. The second-order valence-corrected chi connectivity index (χ2v) is 27.9. The summed E-state index contributed by atoms with van der Waals surface area (Å²) in [7, 11) is 3.21. The summed E-state index contributed by atoms with van der Waals surface area (Å²) in [5, 5.41) is 0. The van der Waals surface area contributed by atoms with Crippen molar-refractivity contribution in [2.75, 3.05) is 93.5 Å². The van der Waals surface area contributed by atoms with Crippen LogP contribution in [-0.4, -0.2) is 111 Å². The van der Waals surface area contributed by atoms with E-state index in [0.29, 0.717) is 95.3 Å². The van der Waals surface area contributed by atoms with E-state index in [1.807, 2.05) is 106 Å². The topological polar surface area (TPSA) is 73.8 Å². The third-order valence-corrected chi connectivity index (χ3v) is 21.5. The summed E-state index contributed by atoms with van der Waals surface area (Å²) in [6.07, 6.45) is 0. The Morgan fingerprint density at radius 1 is 0.364 bits per heavy atom. The molecule has 0 fully saturated rings. The van der Waals surface area contributed by atoms with Gasteiger partial charge in [-0.15, -0.1) is 68.0 Å². The Balaban J connectivity index is 1.31. The molecular formula is C57H70F6O8S6. The standard InChI is InChI=1S/C57H70F6O8S6/c1-51(2,3)43-17-15-39(74-43)49-35(33-41(76-49)37-13-19-45(72-37)53(7,8)70-31-29-68-27-25-66-23-21-64-11)47-48(56(60,61)57(62,63)55(47,58)59)36-34-42(77-50(36)40-16-18-44(75-40)52(4,5)6)38-14-20-46(73-38)54(9,10)71-32-30-69-28-26-67-24-22-65-12/h13-20,33-34H,21-32H2,1-12H3. The van der Waals surface area contributed by atoms with Gasteiger partial charge in [0, 0.05) is 85.3 Å². The first-order valence-electron chi connectivity index (χ1n) is 25.3. The average molecular weight is 1190 g/mol. The van der Waals surface area contributed by atoms with Gasteiger partial charge in [-0.1, -0.05) is 41.5 Å². The van der Waals surface area contributed by atoms with Crippen LogP contribution in [0.5, 0.6) is 0 Å². The highest BCUT2D eigenvalue weighted by Crippen LogP contribution is 2.68. The number of halogens is 6. The highest BCUT2D eigenvalue weighted by molar-refractivity contribution is 7.27. The Bertz CT molecular complexity index is 2710. The summed E-state index contributed by atoms with van der Waals surface area (Å²) in [5.74, 6) is -16.4. The van der Waals surface area contributed by atoms with Gasteiger partial charge in [0.25, 0.3) is 0 Å². The number of hydrogen-bond acceptors (Lipinski definition) is 14. The Morgan fingerprint density at radius 2 is 0.662 bits per heavy atom. The molecule has 8 nitrogen and oxygen atoms in total. The zero-order chi connectivity index (χ0) is 56.2. The van der Waals surface area contributed by atoms with Crippen molar-refractivity contribution in [1.29, 1.82) is 0 Å². The molecule has 424 valence electrons. The number of methoxy groups -OCH3 is 2. The van der Waals surface area contributed by atoms with E-state index in [0.717, 1.165) is 42.2 Å². The minimum absolute atomic E-state index is 0.198. The average Bonchev–Trinajstić information content (AvgIpc) is 4.30. The molecule has 6 heterocycles. The lowest BCUT2D eigenvalue weighted by Gasteiger charge is -2.26. The van der Waals surface area contributed by atoms with Crippen LogP contribution in [0.15, 0.2) is 60.7 Å². The summed E-state index contributed by atoms with van der Waals surface area (Å²) in [4.78, 5) is 7.01. The van der Waals surface area contributed by atoms with Crippen LogP contribution in [0.2, 0.25) is 0 Å². The smallest absolute Gasteiger partial charge is 0.380 e. The van der Waals surface area contributed by atoms with Gasteiger partial charge in [-0.25, -0.2) is 0 Å². The molecule has 20 heteroatoms. The van der Waals surface area contributed by atoms with E-state index in [1.165, 1.54) is 57.5 Å². The highest BCUT2D eigenvalue weighted by atomic mass is 32.1. The molecule has 0 saturated carbocycles. The molecule has 0 radical (unpaired) electrons. The van der Waals surface area contributed by atoms with E-state index in [9.17, 15) is 0 Å². The van der Waals surface area contributed by atoms with Crippen molar-refractivity contribution >= 4 is 79.2 Å². The first-order chi connectivity index (χ1) is 36.2. The fraction of sp³-hybridized carbons (Fsp3) is 0.544. The van der Waals surface area contributed by atoms with Crippen molar-refractivity contribution in [2.45, 2.75) is 109 Å². The van der Waals surface area contributed by atoms with Crippen LogP contribution in [0.25, 0.3) is 50.2 Å². The SMILES string of the molecule is COCCOCCOCCOC(C)(C)c1ccc(-c2cc(C3=C(c4cc(-c5ccc(C(C)(C)OCCOCCOCCOC)s5)sc4-c4ccc(C(C)(C)C)s4)C(F)(F)C(F)(F)C3(F)F)c(-c3ccc(C(C)(C)C)s3)s2)s1. The quantitative estimate of drug-likeness (QED) is 0.0355. The number of allylic oxidation sites excluding steroid dienone is 2. The number of hydrogen-bond donors (Lipinski definition) is 0. The van der Waals surface area contributed by atoms with Crippen LogP contribution in [0.4, 0.5) is 26.3 Å². The normalized spacial score (nSPS) is 15.9. The van der Waals surface area contributed by atoms with Gasteiger partial charge in [-0.2, -0.15) is 26.3 Å². The zero-order valence-corrected chi connectivity index (χ0v) is 50.6. The molecule has 0 bridgehead atoms. The van der Waals surface area contributed by atoms with Crippen molar-refractivity contribution < 1.29 is 64.2 Å². The Kier molecular flexibility index (Phi) is 20.2. The number of alkyl halides is 6. The maximum Gasteiger partial charge on any atom is 0.380 e. The van der Waals surface area contributed by atoms with Gasteiger partial charge < -0.3 is 37.9 Å². The largest absolute Gasteiger partial charge is 0.382 e. The first-order valence-corrected chi connectivity index (χ1v) is 30.2. The zero-order valence-electron chi connectivity index (χ0n) is 45.7. The fourth-order valence-electron chi connectivity index (χ4n) is 8.29. The Morgan fingerprint density at radius 3 is 0.987 bits per heavy atom. The molecule has 0 amide bonds. The molecule has 6 aromatic rings. The van der Waals surface area contributed by atoms with E-state index in [2.05, 4.69) is 0 Å². The van der Waals surface area contributed by atoms with Crippen molar-refractivity contribution in [3.63, 3.8) is 0 Å². The number of ether oxygens (including phenoxy) is 8. The van der Waals surface area contributed by atoms with Crippen molar-refractivity contribution in [1.82, 2.24) is 0 Å². The lowest BCUT2D eigenvalue weighted by Crippen LogP contribution is -2.48. The molecule has 0 aliphatic heterocycles. The minimum atomic E-state index is -5.79. The maximum atomic E-state index is 17.3. The third kappa shape index (κ3) is 13.9. The molecule has 0 spiro atoms. The van der Waals surface area contributed by atoms with Gasteiger partial charge in [0.15, 0.2) is 0 Å². The van der Waals surface area contributed by atoms with E-state index in [1.54, 1.807) is 26.4 Å². The lowest BCUT2D eigenvalue weighted by atomic mass is 9.93. The van der Waals surface area contributed by atoms with Crippen LogP contribution in [0.3, 0.4) is 0 Å². The molecule has 77 heavy (non-hydrogen) atoms. The summed E-state index contributed by atoms with van der Waals surface area (Å²) in [6.45, 7) is 24.3.